The number of rotatable bonds is 4. The van der Waals surface area contributed by atoms with Crippen LogP contribution in [0.1, 0.15) is 31.4 Å². The van der Waals surface area contributed by atoms with Gasteiger partial charge >= 0.3 is 6.03 Å². The minimum Gasteiger partial charge on any atom is -0.496 e. The molecule has 2 atom stereocenters. The molecule has 0 radical (unpaired) electrons. The molecule has 23 heavy (non-hydrogen) atoms. The van der Waals surface area contributed by atoms with Crippen LogP contribution in [0.4, 0.5) is 9.18 Å². The molecule has 128 valence electrons. The predicted octanol–water partition coefficient (Wildman–Crippen LogP) is 2.63. The number of nitrogens with zero attached hydrogens (tertiary/aromatic N) is 2. The van der Waals surface area contributed by atoms with Crippen molar-refractivity contribution >= 4 is 6.03 Å². The van der Waals surface area contributed by atoms with E-state index in [0.29, 0.717) is 23.9 Å². The first kappa shape index (κ1) is 17.5. The van der Waals surface area contributed by atoms with Gasteiger partial charge in [-0.3, -0.25) is 0 Å². The maximum absolute atomic E-state index is 14.1. The van der Waals surface area contributed by atoms with Gasteiger partial charge in [0, 0.05) is 19.1 Å². The van der Waals surface area contributed by atoms with Crippen molar-refractivity contribution in [3.63, 3.8) is 0 Å². The average Bonchev–Trinajstić information content (AvgIpc) is 2.54. The maximum atomic E-state index is 14.1. The van der Waals surface area contributed by atoms with Gasteiger partial charge in [0.25, 0.3) is 0 Å². The Balaban J connectivity index is 2.05. The summed E-state index contributed by atoms with van der Waals surface area (Å²) < 4.78 is 19.3. The Labute approximate surface area is 137 Å². The van der Waals surface area contributed by atoms with E-state index in [2.05, 4.69) is 10.2 Å². The molecule has 1 aromatic rings. The number of likely N-dealkylation sites (N-methyl/N-ethyl adjacent to an activating group) is 1. The summed E-state index contributed by atoms with van der Waals surface area (Å²) in [6.45, 7) is 3.20. The third-order valence-corrected chi connectivity index (χ3v) is 4.42. The van der Waals surface area contributed by atoms with Gasteiger partial charge in [0.1, 0.15) is 11.6 Å². The molecule has 0 saturated carbocycles. The number of halogens is 1. The number of urea groups is 1. The predicted molar refractivity (Wildman–Crippen MR) is 88.2 cm³/mol. The number of methoxy groups -OCH3 is 1. The molecule has 5 nitrogen and oxygen atoms in total. The summed E-state index contributed by atoms with van der Waals surface area (Å²) in [5.41, 5.74) is 0.379. The van der Waals surface area contributed by atoms with Crippen LogP contribution in [0, 0.1) is 5.82 Å². The first-order valence-corrected chi connectivity index (χ1v) is 7.98. The molecule has 2 rings (SSSR count). The lowest BCUT2D eigenvalue weighted by Crippen LogP contribution is -2.51. The molecule has 0 spiro atoms. The highest BCUT2D eigenvalue weighted by atomic mass is 19.1. The molecular formula is C17H26FN3O2. The number of benzene rings is 1. The Hall–Kier alpha value is -1.82. The van der Waals surface area contributed by atoms with Gasteiger partial charge in [-0.25, -0.2) is 9.18 Å². The fourth-order valence-corrected chi connectivity index (χ4v) is 3.02. The van der Waals surface area contributed by atoms with Crippen molar-refractivity contribution in [2.24, 2.45) is 0 Å². The number of ether oxygens (including phenoxy) is 1. The van der Waals surface area contributed by atoms with Crippen molar-refractivity contribution in [2.45, 2.75) is 31.8 Å². The largest absolute Gasteiger partial charge is 0.496 e. The third-order valence-electron chi connectivity index (χ3n) is 4.42. The van der Waals surface area contributed by atoms with E-state index >= 15 is 0 Å². The van der Waals surface area contributed by atoms with E-state index in [-0.39, 0.29) is 11.8 Å². The van der Waals surface area contributed by atoms with Crippen molar-refractivity contribution in [1.29, 1.82) is 0 Å². The van der Waals surface area contributed by atoms with E-state index < -0.39 is 6.04 Å². The van der Waals surface area contributed by atoms with Gasteiger partial charge < -0.3 is 19.9 Å². The molecule has 1 fully saturated rings. The highest BCUT2D eigenvalue weighted by Crippen LogP contribution is 2.28. The summed E-state index contributed by atoms with van der Waals surface area (Å²) in [6, 6.07) is 4.42. The molecular weight excluding hydrogens is 297 g/mol. The van der Waals surface area contributed by atoms with Gasteiger partial charge in [0.15, 0.2) is 0 Å². The molecule has 2 amide bonds. The summed E-state index contributed by atoms with van der Waals surface area (Å²) in [7, 11) is 5.55. The van der Waals surface area contributed by atoms with Gasteiger partial charge in [0.05, 0.1) is 18.7 Å². The van der Waals surface area contributed by atoms with Gasteiger partial charge in [0.2, 0.25) is 0 Å². The fourth-order valence-electron chi connectivity index (χ4n) is 3.02. The number of amides is 2. The fraction of sp³-hybridized carbons (Fsp3) is 0.588. The second-order valence-corrected chi connectivity index (χ2v) is 6.23. The number of carbonyl (C=O) groups excluding carboxylic acids is 1. The van der Waals surface area contributed by atoms with Crippen molar-refractivity contribution in [3.8, 4) is 5.75 Å². The number of nitrogens with one attached hydrogen (secondary N) is 1. The third kappa shape index (κ3) is 4.13. The van der Waals surface area contributed by atoms with Crippen molar-refractivity contribution in [1.82, 2.24) is 15.1 Å². The molecule has 0 aliphatic carbocycles. The quantitative estimate of drug-likeness (QED) is 0.926. The van der Waals surface area contributed by atoms with Crippen LogP contribution in [0.2, 0.25) is 0 Å². The van der Waals surface area contributed by atoms with Crippen molar-refractivity contribution in [3.05, 3.63) is 29.6 Å². The van der Waals surface area contributed by atoms with E-state index in [0.717, 1.165) is 19.4 Å². The monoisotopic (exact) mass is 323 g/mol. The summed E-state index contributed by atoms with van der Waals surface area (Å²) in [6.07, 6.45) is 2.07. The van der Waals surface area contributed by atoms with Crippen LogP contribution >= 0.6 is 0 Å². The van der Waals surface area contributed by atoms with Crippen LogP contribution in [0.5, 0.6) is 5.75 Å². The number of likely N-dealkylation sites (tertiary alicyclic amines) is 1. The molecule has 1 N–H and O–H groups in total. The SMILES string of the molecule is COc1cccc(F)c1C(C)NC(=O)N1CCCC(N(C)C)C1. The first-order chi connectivity index (χ1) is 10.9. The number of hydrogen-bond donors (Lipinski definition) is 1. The zero-order chi connectivity index (χ0) is 17.0. The summed E-state index contributed by atoms with van der Waals surface area (Å²) >= 11 is 0. The molecule has 0 bridgehead atoms. The minimum atomic E-state index is -0.460. The van der Waals surface area contributed by atoms with Crippen LogP contribution in [0.25, 0.3) is 0 Å². The normalized spacial score (nSPS) is 19.6. The second-order valence-electron chi connectivity index (χ2n) is 6.23. The first-order valence-electron chi connectivity index (χ1n) is 7.98. The van der Waals surface area contributed by atoms with Crippen LogP contribution in [0.3, 0.4) is 0 Å². The van der Waals surface area contributed by atoms with Crippen LogP contribution < -0.4 is 10.1 Å². The van der Waals surface area contributed by atoms with E-state index in [1.54, 1.807) is 24.0 Å². The van der Waals surface area contributed by atoms with E-state index in [1.807, 2.05) is 14.1 Å². The lowest BCUT2D eigenvalue weighted by Gasteiger charge is -2.36. The minimum absolute atomic E-state index is 0.158. The van der Waals surface area contributed by atoms with E-state index in [1.165, 1.54) is 13.2 Å². The Kier molecular flexibility index (Phi) is 5.82. The molecule has 2 unspecified atom stereocenters. The zero-order valence-corrected chi connectivity index (χ0v) is 14.3. The lowest BCUT2D eigenvalue weighted by atomic mass is 10.0. The van der Waals surface area contributed by atoms with Crippen LogP contribution in [-0.2, 0) is 0 Å². The maximum Gasteiger partial charge on any atom is 0.317 e. The molecule has 1 aromatic carbocycles. The summed E-state index contributed by atoms with van der Waals surface area (Å²) in [5, 5.41) is 2.89. The second kappa shape index (κ2) is 7.64. The molecule has 6 heteroatoms. The topological polar surface area (TPSA) is 44.8 Å². The van der Waals surface area contributed by atoms with Gasteiger partial charge in [-0.2, -0.15) is 0 Å². The summed E-state index contributed by atoms with van der Waals surface area (Å²) in [5.74, 6) is 0.0737. The van der Waals surface area contributed by atoms with E-state index in [9.17, 15) is 9.18 Å². The van der Waals surface area contributed by atoms with Gasteiger partial charge in [-0.15, -0.1) is 0 Å². The standard InChI is InChI=1S/C17H26FN3O2/c1-12(16-14(18)8-5-9-15(16)23-4)19-17(22)21-10-6-7-13(11-21)20(2)3/h5,8-9,12-13H,6-7,10-11H2,1-4H3,(H,19,22). The van der Waals surface area contributed by atoms with Crippen LogP contribution in [-0.4, -0.2) is 56.2 Å². The van der Waals surface area contributed by atoms with Gasteiger partial charge in [-0.05, 0) is 46.0 Å². The molecule has 1 aliphatic rings. The number of hydrogen-bond acceptors (Lipinski definition) is 3. The number of carbonyl (C=O) groups is 1. The average molecular weight is 323 g/mol. The Bertz CT molecular complexity index is 551. The smallest absolute Gasteiger partial charge is 0.317 e. The highest BCUT2D eigenvalue weighted by Gasteiger charge is 2.26. The number of piperidine rings is 1. The summed E-state index contributed by atoms with van der Waals surface area (Å²) in [4.78, 5) is 16.4. The Morgan fingerprint density at radius 3 is 2.87 bits per heavy atom. The molecule has 1 heterocycles. The van der Waals surface area contributed by atoms with Gasteiger partial charge in [-0.1, -0.05) is 6.07 Å². The molecule has 1 saturated heterocycles. The molecule has 1 aliphatic heterocycles. The lowest BCUT2D eigenvalue weighted by molar-refractivity contribution is 0.138. The van der Waals surface area contributed by atoms with Crippen molar-refractivity contribution in [2.75, 3.05) is 34.3 Å². The zero-order valence-electron chi connectivity index (χ0n) is 14.3. The Morgan fingerprint density at radius 1 is 1.48 bits per heavy atom. The highest BCUT2D eigenvalue weighted by molar-refractivity contribution is 5.75. The van der Waals surface area contributed by atoms with E-state index in [4.69, 9.17) is 4.74 Å². The van der Waals surface area contributed by atoms with Crippen LogP contribution in [0.15, 0.2) is 18.2 Å². The Morgan fingerprint density at radius 2 is 2.22 bits per heavy atom. The van der Waals surface area contributed by atoms with Crippen molar-refractivity contribution < 1.29 is 13.9 Å². The molecule has 0 aromatic heterocycles.